The molecule has 1 N–H and O–H groups in total. The molecule has 0 unspecified atom stereocenters. The molecule has 0 saturated carbocycles. The zero-order valence-electron chi connectivity index (χ0n) is 9.28. The first-order valence-corrected chi connectivity index (χ1v) is 5.49. The number of ether oxygens (including phenoxy) is 1. The molecule has 0 aliphatic carbocycles. The summed E-state index contributed by atoms with van der Waals surface area (Å²) in [4.78, 5) is 0. The minimum absolute atomic E-state index is 0.232. The van der Waals surface area contributed by atoms with Gasteiger partial charge in [0.25, 0.3) is 0 Å². The number of halogens is 2. The Morgan fingerprint density at radius 1 is 1.19 bits per heavy atom. The summed E-state index contributed by atoms with van der Waals surface area (Å²) in [6.45, 7) is 0.876. The second-order valence-corrected chi connectivity index (χ2v) is 3.93. The molecule has 88 valence electrons. The summed E-state index contributed by atoms with van der Waals surface area (Å²) < 4.78 is 32.5. The SMILES string of the molecule is CNc1c(F)cc(F)c2c1CCCCOC2. The van der Waals surface area contributed by atoms with Crippen molar-refractivity contribution in [1.82, 2.24) is 0 Å². The van der Waals surface area contributed by atoms with E-state index in [4.69, 9.17) is 4.74 Å². The van der Waals surface area contributed by atoms with Crippen molar-refractivity contribution < 1.29 is 13.5 Å². The third-order valence-electron chi connectivity index (χ3n) is 2.91. The molecule has 16 heavy (non-hydrogen) atoms. The van der Waals surface area contributed by atoms with Gasteiger partial charge in [-0.2, -0.15) is 0 Å². The van der Waals surface area contributed by atoms with E-state index in [2.05, 4.69) is 5.32 Å². The average Bonchev–Trinajstić information content (AvgIpc) is 2.20. The minimum Gasteiger partial charge on any atom is -0.386 e. The summed E-state index contributed by atoms with van der Waals surface area (Å²) >= 11 is 0. The zero-order valence-corrected chi connectivity index (χ0v) is 9.28. The summed E-state index contributed by atoms with van der Waals surface area (Å²) in [6.07, 6.45) is 2.52. The Balaban J connectivity index is 2.51. The van der Waals surface area contributed by atoms with E-state index >= 15 is 0 Å². The van der Waals surface area contributed by atoms with Gasteiger partial charge in [-0.15, -0.1) is 0 Å². The maximum atomic E-state index is 13.6. The topological polar surface area (TPSA) is 21.3 Å². The Morgan fingerprint density at radius 3 is 2.75 bits per heavy atom. The highest BCUT2D eigenvalue weighted by atomic mass is 19.1. The molecule has 0 fully saturated rings. The molecule has 4 heteroatoms. The van der Waals surface area contributed by atoms with Gasteiger partial charge in [0.2, 0.25) is 0 Å². The molecule has 2 nitrogen and oxygen atoms in total. The Labute approximate surface area is 93.6 Å². The predicted molar refractivity (Wildman–Crippen MR) is 58.5 cm³/mol. The first kappa shape index (κ1) is 11.3. The molecule has 1 heterocycles. The van der Waals surface area contributed by atoms with Gasteiger partial charge in [0.15, 0.2) is 0 Å². The van der Waals surface area contributed by atoms with E-state index in [0.717, 1.165) is 24.5 Å². The van der Waals surface area contributed by atoms with Crippen molar-refractivity contribution in [2.24, 2.45) is 0 Å². The van der Waals surface area contributed by atoms with E-state index < -0.39 is 11.6 Å². The second kappa shape index (κ2) is 4.78. The van der Waals surface area contributed by atoms with Crippen LogP contribution in [0.1, 0.15) is 24.0 Å². The average molecular weight is 227 g/mol. The van der Waals surface area contributed by atoms with Crippen LogP contribution in [0.25, 0.3) is 0 Å². The first-order valence-electron chi connectivity index (χ1n) is 5.49. The van der Waals surface area contributed by atoms with E-state index in [-0.39, 0.29) is 6.61 Å². The van der Waals surface area contributed by atoms with Gasteiger partial charge in [-0.1, -0.05) is 0 Å². The van der Waals surface area contributed by atoms with Gasteiger partial charge in [-0.25, -0.2) is 8.78 Å². The number of nitrogens with one attached hydrogen (secondary N) is 1. The Kier molecular flexibility index (Phi) is 3.39. The van der Waals surface area contributed by atoms with Crippen LogP contribution in [-0.4, -0.2) is 13.7 Å². The maximum Gasteiger partial charge on any atom is 0.149 e. The van der Waals surface area contributed by atoms with Gasteiger partial charge in [-0.3, -0.25) is 0 Å². The lowest BCUT2D eigenvalue weighted by molar-refractivity contribution is 0.110. The normalized spacial score (nSPS) is 16.2. The Bertz CT molecular complexity index is 393. The molecule has 1 aliphatic heterocycles. The van der Waals surface area contributed by atoms with Crippen molar-refractivity contribution in [1.29, 1.82) is 0 Å². The number of benzene rings is 1. The van der Waals surface area contributed by atoms with Crippen molar-refractivity contribution in [3.63, 3.8) is 0 Å². The van der Waals surface area contributed by atoms with Gasteiger partial charge < -0.3 is 10.1 Å². The molecule has 0 spiro atoms. The lowest BCUT2D eigenvalue weighted by Gasteiger charge is -2.19. The summed E-state index contributed by atoms with van der Waals surface area (Å²) in [5.74, 6) is -1.03. The van der Waals surface area contributed by atoms with Crippen LogP contribution < -0.4 is 5.32 Å². The largest absolute Gasteiger partial charge is 0.386 e. The van der Waals surface area contributed by atoms with E-state index in [1.807, 2.05) is 0 Å². The highest BCUT2D eigenvalue weighted by Crippen LogP contribution is 2.29. The van der Waals surface area contributed by atoms with E-state index in [1.54, 1.807) is 7.05 Å². The van der Waals surface area contributed by atoms with Crippen molar-refractivity contribution in [2.45, 2.75) is 25.9 Å². The molecular formula is C12H15F2NO. The van der Waals surface area contributed by atoms with E-state index in [0.29, 0.717) is 24.3 Å². The monoisotopic (exact) mass is 227 g/mol. The van der Waals surface area contributed by atoms with Crippen molar-refractivity contribution in [3.8, 4) is 0 Å². The fourth-order valence-electron chi connectivity index (χ4n) is 2.09. The molecule has 0 aromatic heterocycles. The van der Waals surface area contributed by atoms with Gasteiger partial charge >= 0.3 is 0 Å². The van der Waals surface area contributed by atoms with Crippen LogP contribution in [0.3, 0.4) is 0 Å². The van der Waals surface area contributed by atoms with Crippen LogP contribution in [0.4, 0.5) is 14.5 Å². The molecule has 1 aromatic rings. The molecule has 1 aliphatic rings. The minimum atomic E-state index is -0.528. The molecule has 0 saturated heterocycles. The van der Waals surface area contributed by atoms with Crippen molar-refractivity contribution in [3.05, 3.63) is 28.8 Å². The van der Waals surface area contributed by atoms with Gasteiger partial charge in [0.1, 0.15) is 11.6 Å². The molecule has 2 rings (SSSR count). The van der Waals surface area contributed by atoms with Crippen LogP contribution in [0.15, 0.2) is 6.07 Å². The van der Waals surface area contributed by atoms with Gasteiger partial charge in [0.05, 0.1) is 12.3 Å². The van der Waals surface area contributed by atoms with Crippen LogP contribution in [0.5, 0.6) is 0 Å². The third kappa shape index (κ3) is 2.02. The standard InChI is InChI=1S/C12H15F2NO/c1-15-12-8-4-2-3-5-16-7-9(8)10(13)6-11(12)14/h6,15H,2-5,7H2,1H3. The fraction of sp³-hybridized carbons (Fsp3) is 0.500. The number of fused-ring (bicyclic) bond motifs is 1. The quantitative estimate of drug-likeness (QED) is 0.796. The highest BCUT2D eigenvalue weighted by molar-refractivity contribution is 5.56. The van der Waals surface area contributed by atoms with Crippen LogP contribution >= 0.6 is 0 Å². The van der Waals surface area contributed by atoms with Gasteiger partial charge in [-0.05, 0) is 24.8 Å². The Hall–Kier alpha value is -1.16. The van der Waals surface area contributed by atoms with E-state index in [1.165, 1.54) is 0 Å². The van der Waals surface area contributed by atoms with Crippen LogP contribution in [0.2, 0.25) is 0 Å². The van der Waals surface area contributed by atoms with Crippen molar-refractivity contribution >= 4 is 5.69 Å². The van der Waals surface area contributed by atoms with E-state index in [9.17, 15) is 8.78 Å². The molecule has 1 aromatic carbocycles. The predicted octanol–water partition coefficient (Wildman–Crippen LogP) is 2.86. The Morgan fingerprint density at radius 2 is 2.00 bits per heavy atom. The van der Waals surface area contributed by atoms with Crippen LogP contribution in [-0.2, 0) is 17.8 Å². The highest BCUT2D eigenvalue weighted by Gasteiger charge is 2.18. The summed E-state index contributed by atoms with van der Waals surface area (Å²) in [6, 6.07) is 0.926. The first-order chi connectivity index (χ1) is 7.74. The lowest BCUT2D eigenvalue weighted by atomic mass is 9.98. The zero-order chi connectivity index (χ0) is 11.5. The molecule has 0 atom stereocenters. The molecular weight excluding hydrogens is 212 g/mol. The summed E-state index contributed by atoms with van der Waals surface area (Å²) in [5.41, 5.74) is 1.62. The molecule has 0 amide bonds. The number of hydrogen-bond acceptors (Lipinski definition) is 2. The number of hydrogen-bond donors (Lipinski definition) is 1. The molecule has 0 radical (unpaired) electrons. The second-order valence-electron chi connectivity index (χ2n) is 3.93. The smallest absolute Gasteiger partial charge is 0.149 e. The summed E-state index contributed by atoms with van der Waals surface area (Å²) in [7, 11) is 1.65. The summed E-state index contributed by atoms with van der Waals surface area (Å²) in [5, 5.41) is 2.80. The fourth-order valence-corrected chi connectivity index (χ4v) is 2.09. The lowest BCUT2D eigenvalue weighted by Crippen LogP contribution is -2.11. The molecule has 0 bridgehead atoms. The number of anilines is 1. The number of rotatable bonds is 1. The van der Waals surface area contributed by atoms with Crippen LogP contribution in [0, 0.1) is 11.6 Å². The third-order valence-corrected chi connectivity index (χ3v) is 2.91. The van der Waals surface area contributed by atoms with Crippen molar-refractivity contribution in [2.75, 3.05) is 19.0 Å². The maximum absolute atomic E-state index is 13.6. The van der Waals surface area contributed by atoms with Gasteiger partial charge in [0, 0.05) is 25.3 Å².